The first-order valence-electron chi connectivity index (χ1n) is 6.19. The second-order valence-corrected chi connectivity index (χ2v) is 6.44. The van der Waals surface area contributed by atoms with Gasteiger partial charge in [0.1, 0.15) is 0 Å². The number of hydrogen-bond donors (Lipinski definition) is 1. The van der Waals surface area contributed by atoms with Crippen LogP contribution < -0.4 is 5.32 Å². The van der Waals surface area contributed by atoms with Crippen molar-refractivity contribution in [3.05, 3.63) is 49.9 Å². The molecule has 0 radical (unpaired) electrons. The first-order valence-corrected chi connectivity index (χ1v) is 7.77. The summed E-state index contributed by atoms with van der Waals surface area (Å²) in [5.74, 6) is 0. The van der Waals surface area contributed by atoms with Gasteiger partial charge < -0.3 is 5.32 Å². The molecule has 1 aromatic carbocycles. The van der Waals surface area contributed by atoms with Crippen LogP contribution in [-0.4, -0.2) is 11.5 Å². The molecule has 1 aromatic heterocycles. The van der Waals surface area contributed by atoms with Gasteiger partial charge in [-0.05, 0) is 43.7 Å². The summed E-state index contributed by atoms with van der Waals surface area (Å²) in [6.45, 7) is 5.02. The molecule has 0 spiro atoms. The molecule has 0 fully saturated rings. The third-order valence-electron chi connectivity index (χ3n) is 2.86. The van der Waals surface area contributed by atoms with E-state index in [1.165, 1.54) is 4.88 Å². The van der Waals surface area contributed by atoms with E-state index in [-0.39, 0.29) is 6.04 Å². The highest BCUT2D eigenvalue weighted by molar-refractivity contribution is 7.11. The first-order chi connectivity index (χ1) is 9.10. The molecule has 1 heterocycles. The Balaban J connectivity index is 2.23. The van der Waals surface area contributed by atoms with Gasteiger partial charge in [0.05, 0.1) is 5.01 Å². The molecular formula is C14H16Cl2N2S. The van der Waals surface area contributed by atoms with Gasteiger partial charge >= 0.3 is 0 Å². The van der Waals surface area contributed by atoms with E-state index >= 15 is 0 Å². The average Bonchev–Trinajstić information content (AvgIpc) is 2.80. The number of aryl methyl sites for hydroxylation is 1. The van der Waals surface area contributed by atoms with Crippen molar-refractivity contribution in [1.29, 1.82) is 0 Å². The molecule has 1 N–H and O–H groups in total. The van der Waals surface area contributed by atoms with Gasteiger partial charge in [-0.15, -0.1) is 11.3 Å². The van der Waals surface area contributed by atoms with Crippen LogP contribution in [0.1, 0.15) is 28.4 Å². The predicted molar refractivity (Wildman–Crippen MR) is 83.4 cm³/mol. The van der Waals surface area contributed by atoms with Crippen LogP contribution in [0.15, 0.2) is 24.4 Å². The molecule has 1 atom stereocenters. The number of hydrogen-bond acceptors (Lipinski definition) is 3. The standard InChI is InChI=1S/C14H16Cl2N2S/c1-3-17-13(14-8-18-9(2)19-14)7-10-6-11(15)4-5-12(10)16/h4-6,8,13,17H,3,7H2,1-2H3. The summed E-state index contributed by atoms with van der Waals surface area (Å²) in [6.07, 6.45) is 2.75. The van der Waals surface area contributed by atoms with E-state index < -0.39 is 0 Å². The molecule has 0 saturated heterocycles. The van der Waals surface area contributed by atoms with E-state index in [0.717, 1.165) is 33.6 Å². The van der Waals surface area contributed by atoms with Gasteiger partial charge in [0.25, 0.3) is 0 Å². The summed E-state index contributed by atoms with van der Waals surface area (Å²) < 4.78 is 0. The van der Waals surface area contributed by atoms with Crippen LogP contribution in [0.4, 0.5) is 0 Å². The van der Waals surface area contributed by atoms with Gasteiger partial charge in [0.2, 0.25) is 0 Å². The lowest BCUT2D eigenvalue weighted by molar-refractivity contribution is 0.557. The number of benzene rings is 1. The number of aromatic nitrogens is 1. The monoisotopic (exact) mass is 314 g/mol. The van der Waals surface area contributed by atoms with Crippen LogP contribution in [0.2, 0.25) is 10.0 Å². The van der Waals surface area contributed by atoms with E-state index in [4.69, 9.17) is 23.2 Å². The minimum absolute atomic E-state index is 0.229. The number of nitrogens with one attached hydrogen (secondary N) is 1. The van der Waals surface area contributed by atoms with Crippen molar-refractivity contribution < 1.29 is 0 Å². The van der Waals surface area contributed by atoms with Gasteiger partial charge in [-0.2, -0.15) is 0 Å². The maximum Gasteiger partial charge on any atom is 0.0897 e. The van der Waals surface area contributed by atoms with Crippen LogP contribution in [0, 0.1) is 6.92 Å². The van der Waals surface area contributed by atoms with Crippen molar-refractivity contribution >= 4 is 34.5 Å². The highest BCUT2D eigenvalue weighted by Gasteiger charge is 2.15. The lowest BCUT2D eigenvalue weighted by Crippen LogP contribution is -2.22. The summed E-state index contributed by atoms with van der Waals surface area (Å²) in [4.78, 5) is 5.55. The maximum atomic E-state index is 6.23. The summed E-state index contributed by atoms with van der Waals surface area (Å²) in [7, 11) is 0. The highest BCUT2D eigenvalue weighted by atomic mass is 35.5. The Kier molecular flexibility index (Phi) is 5.22. The van der Waals surface area contributed by atoms with Crippen molar-refractivity contribution in [3.63, 3.8) is 0 Å². The van der Waals surface area contributed by atoms with Crippen molar-refractivity contribution in [1.82, 2.24) is 10.3 Å². The molecule has 0 bridgehead atoms. The molecule has 1 unspecified atom stereocenters. The minimum atomic E-state index is 0.229. The van der Waals surface area contributed by atoms with Crippen molar-refractivity contribution in [2.24, 2.45) is 0 Å². The van der Waals surface area contributed by atoms with Gasteiger partial charge in [-0.3, -0.25) is 0 Å². The minimum Gasteiger partial charge on any atom is -0.309 e. The summed E-state index contributed by atoms with van der Waals surface area (Å²) in [5.41, 5.74) is 1.06. The number of rotatable bonds is 5. The predicted octanol–water partition coefficient (Wildman–Crippen LogP) is 4.65. The van der Waals surface area contributed by atoms with E-state index in [2.05, 4.69) is 17.2 Å². The Morgan fingerprint density at radius 2 is 2.16 bits per heavy atom. The van der Waals surface area contributed by atoms with Crippen LogP contribution in [0.25, 0.3) is 0 Å². The van der Waals surface area contributed by atoms with Gasteiger partial charge in [-0.1, -0.05) is 30.1 Å². The fraction of sp³-hybridized carbons (Fsp3) is 0.357. The second kappa shape index (κ2) is 6.71. The molecule has 19 heavy (non-hydrogen) atoms. The first kappa shape index (κ1) is 14.8. The molecule has 2 aromatic rings. The van der Waals surface area contributed by atoms with E-state index in [1.807, 2.05) is 31.3 Å². The molecule has 102 valence electrons. The zero-order chi connectivity index (χ0) is 13.8. The Hall–Kier alpha value is -0.610. The zero-order valence-electron chi connectivity index (χ0n) is 10.9. The van der Waals surface area contributed by atoms with Crippen molar-refractivity contribution in [2.45, 2.75) is 26.3 Å². The highest BCUT2D eigenvalue weighted by Crippen LogP contribution is 2.28. The van der Waals surface area contributed by atoms with E-state index in [0.29, 0.717) is 0 Å². The normalized spacial score (nSPS) is 12.6. The molecule has 0 saturated carbocycles. The molecule has 0 aliphatic rings. The van der Waals surface area contributed by atoms with Crippen molar-refractivity contribution in [2.75, 3.05) is 6.54 Å². The van der Waals surface area contributed by atoms with Gasteiger partial charge in [0, 0.05) is 27.2 Å². The quantitative estimate of drug-likeness (QED) is 0.868. The third-order valence-corrected chi connectivity index (χ3v) is 4.50. The number of thiazole rings is 1. The van der Waals surface area contributed by atoms with E-state index in [1.54, 1.807) is 11.3 Å². The van der Waals surface area contributed by atoms with E-state index in [9.17, 15) is 0 Å². The second-order valence-electron chi connectivity index (χ2n) is 4.33. The molecule has 0 aliphatic heterocycles. The average molecular weight is 315 g/mol. The van der Waals surface area contributed by atoms with Gasteiger partial charge in [-0.25, -0.2) is 4.98 Å². The third kappa shape index (κ3) is 3.93. The SMILES string of the molecule is CCNC(Cc1cc(Cl)ccc1Cl)c1cnc(C)s1. The molecule has 0 aliphatic carbocycles. The number of likely N-dealkylation sites (N-methyl/N-ethyl adjacent to an activating group) is 1. The molecule has 2 rings (SSSR count). The van der Waals surface area contributed by atoms with Crippen LogP contribution in [0.5, 0.6) is 0 Å². The van der Waals surface area contributed by atoms with Crippen LogP contribution >= 0.6 is 34.5 Å². The smallest absolute Gasteiger partial charge is 0.0897 e. The Bertz CT molecular complexity index is 554. The van der Waals surface area contributed by atoms with Gasteiger partial charge in [0.15, 0.2) is 0 Å². The molecular weight excluding hydrogens is 299 g/mol. The largest absolute Gasteiger partial charge is 0.309 e. The lowest BCUT2D eigenvalue weighted by Gasteiger charge is -2.17. The summed E-state index contributed by atoms with van der Waals surface area (Å²) >= 11 is 14.0. The Morgan fingerprint density at radius 3 is 2.79 bits per heavy atom. The Labute approximate surface area is 127 Å². The molecule has 0 amide bonds. The van der Waals surface area contributed by atoms with Crippen LogP contribution in [0.3, 0.4) is 0 Å². The molecule has 2 nitrogen and oxygen atoms in total. The van der Waals surface area contributed by atoms with Crippen molar-refractivity contribution in [3.8, 4) is 0 Å². The lowest BCUT2D eigenvalue weighted by atomic mass is 10.0. The number of nitrogens with zero attached hydrogens (tertiary/aromatic N) is 1. The summed E-state index contributed by atoms with van der Waals surface area (Å²) in [6, 6.07) is 5.82. The Morgan fingerprint density at radius 1 is 1.37 bits per heavy atom. The fourth-order valence-corrected chi connectivity index (χ4v) is 3.23. The fourth-order valence-electron chi connectivity index (χ4n) is 1.98. The van der Waals surface area contributed by atoms with Crippen LogP contribution in [-0.2, 0) is 6.42 Å². The zero-order valence-corrected chi connectivity index (χ0v) is 13.2. The summed E-state index contributed by atoms with van der Waals surface area (Å²) in [5, 5.41) is 6.03. The topological polar surface area (TPSA) is 24.9 Å². The number of halogens is 2. The molecule has 5 heteroatoms. The maximum absolute atomic E-state index is 6.23.